The molecule has 0 heterocycles. The molecule has 0 aliphatic heterocycles. The molecule has 0 bridgehead atoms. The van der Waals surface area contributed by atoms with Crippen LogP contribution in [0.2, 0.25) is 0 Å². The van der Waals surface area contributed by atoms with Crippen LogP contribution in [0.25, 0.3) is 0 Å². The van der Waals surface area contributed by atoms with E-state index in [1.165, 1.54) is 0 Å². The molecule has 0 aromatic heterocycles. The van der Waals surface area contributed by atoms with Gasteiger partial charge in [0.2, 0.25) is 0 Å². The minimum Gasteiger partial charge on any atom is -0.396 e. The predicted molar refractivity (Wildman–Crippen MR) is 57.0 cm³/mol. The van der Waals surface area contributed by atoms with Crippen LogP contribution >= 0.6 is 9.24 Å². The van der Waals surface area contributed by atoms with Gasteiger partial charge in [-0.1, -0.05) is 19.1 Å². The number of terminal acetylenes is 1. The summed E-state index contributed by atoms with van der Waals surface area (Å²) in [6, 6.07) is 0. The van der Waals surface area contributed by atoms with Crippen molar-refractivity contribution in [3.8, 4) is 12.3 Å². The summed E-state index contributed by atoms with van der Waals surface area (Å²) in [6.07, 6.45) is 10.7. The fourth-order valence-corrected chi connectivity index (χ4v) is 1.23. The summed E-state index contributed by atoms with van der Waals surface area (Å²) in [4.78, 5) is 0. The second kappa shape index (κ2) is 7.35. The Bertz CT molecular complexity index is 169. The van der Waals surface area contributed by atoms with Crippen molar-refractivity contribution in [3.05, 3.63) is 12.2 Å². The van der Waals surface area contributed by atoms with Crippen molar-refractivity contribution < 1.29 is 5.11 Å². The van der Waals surface area contributed by atoms with Gasteiger partial charge in [0.05, 0.1) is 0 Å². The summed E-state index contributed by atoms with van der Waals surface area (Å²) in [7, 11) is 2.75. The molecule has 1 N–H and O–H groups in total. The Kier molecular flexibility index (Phi) is 7.16. The van der Waals surface area contributed by atoms with Gasteiger partial charge in [-0.05, 0) is 18.0 Å². The summed E-state index contributed by atoms with van der Waals surface area (Å²) < 4.78 is 0. The largest absolute Gasteiger partial charge is 0.396 e. The standard InChI is InChI=1S/C10H17OP/c1-3-4-5-6-10(12)9(2)7-8-11/h1,5-6,9-11H,4,7-8,12H2,2H3/b6-5-. The number of aliphatic hydroxyl groups excluding tert-OH is 1. The molecule has 3 unspecified atom stereocenters. The quantitative estimate of drug-likeness (QED) is 0.392. The van der Waals surface area contributed by atoms with E-state index in [1.54, 1.807) is 0 Å². The Morgan fingerprint density at radius 2 is 2.33 bits per heavy atom. The summed E-state index contributed by atoms with van der Waals surface area (Å²) in [5.74, 6) is 3.04. The molecule has 0 aliphatic rings. The van der Waals surface area contributed by atoms with Crippen molar-refractivity contribution >= 4 is 9.24 Å². The molecule has 0 saturated heterocycles. The molecule has 0 aromatic rings. The zero-order chi connectivity index (χ0) is 9.40. The number of hydrogen-bond donors (Lipinski definition) is 1. The van der Waals surface area contributed by atoms with Crippen molar-refractivity contribution in [2.75, 3.05) is 6.61 Å². The van der Waals surface area contributed by atoms with Gasteiger partial charge >= 0.3 is 0 Å². The molecule has 1 nitrogen and oxygen atoms in total. The molecule has 0 rings (SSSR count). The van der Waals surface area contributed by atoms with E-state index in [-0.39, 0.29) is 6.61 Å². The maximum absolute atomic E-state index is 8.69. The van der Waals surface area contributed by atoms with Crippen LogP contribution in [0.15, 0.2) is 12.2 Å². The number of aliphatic hydroxyl groups is 1. The van der Waals surface area contributed by atoms with Crippen LogP contribution < -0.4 is 0 Å². The molecular weight excluding hydrogens is 167 g/mol. The maximum Gasteiger partial charge on any atom is 0.0433 e. The van der Waals surface area contributed by atoms with Crippen LogP contribution in [0.4, 0.5) is 0 Å². The molecule has 12 heavy (non-hydrogen) atoms. The van der Waals surface area contributed by atoms with Crippen LogP contribution in [-0.2, 0) is 0 Å². The van der Waals surface area contributed by atoms with Gasteiger partial charge in [0, 0.05) is 13.0 Å². The van der Waals surface area contributed by atoms with E-state index in [0.29, 0.717) is 18.0 Å². The number of hydrogen-bond acceptors (Lipinski definition) is 1. The van der Waals surface area contributed by atoms with E-state index in [4.69, 9.17) is 11.5 Å². The van der Waals surface area contributed by atoms with Crippen LogP contribution in [0.3, 0.4) is 0 Å². The maximum atomic E-state index is 8.69. The van der Waals surface area contributed by atoms with Gasteiger partial charge in [-0.3, -0.25) is 0 Å². The highest BCUT2D eigenvalue weighted by Gasteiger charge is 2.07. The lowest BCUT2D eigenvalue weighted by atomic mass is 10.0. The lowest BCUT2D eigenvalue weighted by molar-refractivity contribution is 0.264. The lowest BCUT2D eigenvalue weighted by Crippen LogP contribution is -2.09. The molecule has 0 saturated carbocycles. The average Bonchev–Trinajstić information content (AvgIpc) is 2.05. The van der Waals surface area contributed by atoms with Crippen LogP contribution in [-0.4, -0.2) is 17.4 Å². The highest BCUT2D eigenvalue weighted by Crippen LogP contribution is 2.17. The topological polar surface area (TPSA) is 20.2 Å². The third-order valence-electron chi connectivity index (χ3n) is 1.84. The molecule has 2 heteroatoms. The first-order valence-electron chi connectivity index (χ1n) is 4.19. The first kappa shape index (κ1) is 11.7. The van der Waals surface area contributed by atoms with Gasteiger partial charge in [-0.25, -0.2) is 0 Å². The van der Waals surface area contributed by atoms with Crippen LogP contribution in [0.1, 0.15) is 19.8 Å². The minimum atomic E-state index is 0.259. The normalized spacial score (nSPS) is 15.8. The summed E-state index contributed by atoms with van der Waals surface area (Å²) in [6.45, 7) is 2.38. The zero-order valence-corrected chi connectivity index (χ0v) is 8.69. The van der Waals surface area contributed by atoms with Crippen molar-refractivity contribution in [3.63, 3.8) is 0 Å². The predicted octanol–water partition coefficient (Wildman–Crippen LogP) is 1.83. The van der Waals surface area contributed by atoms with E-state index < -0.39 is 0 Å². The fourth-order valence-electron chi connectivity index (χ4n) is 0.879. The highest BCUT2D eigenvalue weighted by molar-refractivity contribution is 7.18. The van der Waals surface area contributed by atoms with Gasteiger partial charge in [-0.2, -0.15) is 0 Å². The van der Waals surface area contributed by atoms with Crippen LogP contribution in [0.5, 0.6) is 0 Å². The Morgan fingerprint density at radius 1 is 1.67 bits per heavy atom. The SMILES string of the molecule is C#CC/C=C\C(P)C(C)CCO. The van der Waals surface area contributed by atoms with Gasteiger partial charge in [0.1, 0.15) is 0 Å². The fraction of sp³-hybridized carbons (Fsp3) is 0.600. The zero-order valence-electron chi connectivity index (χ0n) is 7.53. The second-order valence-corrected chi connectivity index (χ2v) is 3.67. The Hall–Kier alpha value is -0.310. The van der Waals surface area contributed by atoms with Crippen molar-refractivity contribution in [2.45, 2.75) is 25.4 Å². The molecule has 0 aliphatic carbocycles. The molecule has 68 valence electrons. The summed E-state index contributed by atoms with van der Waals surface area (Å²) in [5, 5.41) is 8.69. The van der Waals surface area contributed by atoms with Gasteiger partial charge in [0.25, 0.3) is 0 Å². The molecule has 0 aromatic carbocycles. The van der Waals surface area contributed by atoms with E-state index >= 15 is 0 Å². The Balaban J connectivity index is 3.70. The summed E-state index contributed by atoms with van der Waals surface area (Å²) in [5.41, 5.74) is 0.422. The van der Waals surface area contributed by atoms with Gasteiger partial charge in [0.15, 0.2) is 0 Å². The monoisotopic (exact) mass is 184 g/mol. The van der Waals surface area contributed by atoms with Crippen molar-refractivity contribution in [2.24, 2.45) is 5.92 Å². The summed E-state index contributed by atoms with van der Waals surface area (Å²) >= 11 is 0. The molecule has 0 spiro atoms. The molecule has 0 amide bonds. The van der Waals surface area contributed by atoms with Gasteiger partial charge < -0.3 is 5.11 Å². The molecule has 3 atom stereocenters. The molecular formula is C10H17OP. The van der Waals surface area contributed by atoms with E-state index in [9.17, 15) is 0 Å². The first-order chi connectivity index (χ1) is 5.72. The van der Waals surface area contributed by atoms with E-state index in [1.807, 2.05) is 6.08 Å². The minimum absolute atomic E-state index is 0.259. The first-order valence-corrected chi connectivity index (χ1v) is 4.85. The van der Waals surface area contributed by atoms with Crippen molar-refractivity contribution in [1.29, 1.82) is 0 Å². The van der Waals surface area contributed by atoms with Crippen LogP contribution in [0, 0.1) is 18.3 Å². The smallest absolute Gasteiger partial charge is 0.0433 e. The second-order valence-electron chi connectivity index (χ2n) is 2.90. The van der Waals surface area contributed by atoms with E-state index in [0.717, 1.165) is 6.42 Å². The third kappa shape index (κ3) is 5.35. The lowest BCUT2D eigenvalue weighted by Gasteiger charge is -2.14. The average molecular weight is 184 g/mol. The molecule has 0 fully saturated rings. The number of allylic oxidation sites excluding steroid dienone is 2. The number of rotatable bonds is 5. The Morgan fingerprint density at radius 3 is 2.83 bits per heavy atom. The Labute approximate surface area is 77.5 Å². The van der Waals surface area contributed by atoms with Crippen molar-refractivity contribution in [1.82, 2.24) is 0 Å². The highest BCUT2D eigenvalue weighted by atomic mass is 31.0. The molecule has 0 radical (unpaired) electrons. The third-order valence-corrected chi connectivity index (χ3v) is 2.71. The van der Waals surface area contributed by atoms with E-state index in [2.05, 4.69) is 28.2 Å². The van der Waals surface area contributed by atoms with Gasteiger partial charge in [-0.15, -0.1) is 21.6 Å².